The monoisotopic (exact) mass is 320 g/mol. The summed E-state index contributed by atoms with van der Waals surface area (Å²) in [6.07, 6.45) is 1.81. The van der Waals surface area contributed by atoms with E-state index >= 15 is 0 Å². The highest BCUT2D eigenvalue weighted by Gasteiger charge is 2.31. The number of halogens is 1. The van der Waals surface area contributed by atoms with Gasteiger partial charge in [0.1, 0.15) is 0 Å². The van der Waals surface area contributed by atoms with Gasteiger partial charge in [-0.05, 0) is 48.1 Å². The molecule has 21 heavy (non-hydrogen) atoms. The number of rotatable bonds is 2. The first kappa shape index (κ1) is 14.4. The first-order chi connectivity index (χ1) is 10.1. The van der Waals surface area contributed by atoms with Crippen molar-refractivity contribution in [2.75, 3.05) is 12.3 Å². The number of benzene rings is 1. The lowest BCUT2D eigenvalue weighted by atomic mass is 9.96. The summed E-state index contributed by atoms with van der Waals surface area (Å²) >= 11 is 7.78. The fraction of sp³-hybridized carbons (Fsp3) is 0.312. The highest BCUT2D eigenvalue weighted by Crippen LogP contribution is 2.36. The molecule has 0 spiro atoms. The second-order valence-electron chi connectivity index (χ2n) is 5.20. The second kappa shape index (κ2) is 5.70. The molecular weight excluding hydrogens is 304 g/mol. The van der Waals surface area contributed by atoms with E-state index in [0.717, 1.165) is 19.4 Å². The lowest BCUT2D eigenvalue weighted by Crippen LogP contribution is -2.39. The number of carbonyl (C=O) groups excluding carboxylic acids is 1. The Bertz CT molecular complexity index is 683. The molecule has 0 aliphatic carbocycles. The molecule has 0 saturated carbocycles. The van der Waals surface area contributed by atoms with Crippen LogP contribution in [0.2, 0.25) is 5.02 Å². The van der Waals surface area contributed by atoms with Crippen LogP contribution in [-0.4, -0.2) is 17.4 Å². The van der Waals surface area contributed by atoms with Gasteiger partial charge in [-0.2, -0.15) is 0 Å². The predicted molar refractivity (Wildman–Crippen MR) is 88.0 cm³/mol. The van der Waals surface area contributed by atoms with Crippen molar-refractivity contribution in [3.05, 3.63) is 50.7 Å². The van der Waals surface area contributed by atoms with E-state index in [9.17, 15) is 4.79 Å². The minimum Gasteiger partial charge on any atom is -0.398 e. The van der Waals surface area contributed by atoms with Crippen LogP contribution in [0, 0.1) is 0 Å². The molecule has 3 rings (SSSR count). The molecule has 1 aromatic heterocycles. The fourth-order valence-corrected chi connectivity index (χ4v) is 4.05. The highest BCUT2D eigenvalue weighted by molar-refractivity contribution is 7.10. The van der Waals surface area contributed by atoms with Crippen molar-refractivity contribution in [3.8, 4) is 0 Å². The van der Waals surface area contributed by atoms with Crippen molar-refractivity contribution in [2.24, 2.45) is 0 Å². The largest absolute Gasteiger partial charge is 0.398 e. The van der Waals surface area contributed by atoms with Crippen LogP contribution in [0.4, 0.5) is 5.69 Å². The third-order valence-corrected chi connectivity index (χ3v) is 5.22. The summed E-state index contributed by atoms with van der Waals surface area (Å²) < 4.78 is 0. The third kappa shape index (κ3) is 2.54. The Kier molecular flexibility index (Phi) is 3.91. The molecule has 1 aromatic carbocycles. The van der Waals surface area contributed by atoms with Crippen LogP contribution in [0.15, 0.2) is 29.6 Å². The first-order valence-corrected chi connectivity index (χ1v) is 8.29. The number of anilines is 1. The Morgan fingerprint density at radius 3 is 3.05 bits per heavy atom. The molecule has 110 valence electrons. The quantitative estimate of drug-likeness (QED) is 0.845. The molecule has 5 heteroatoms. The molecule has 1 amide bonds. The summed E-state index contributed by atoms with van der Waals surface area (Å²) in [5.74, 6) is -0.0290. The molecule has 2 N–H and O–H groups in total. The average molecular weight is 321 g/mol. The van der Waals surface area contributed by atoms with Gasteiger partial charge < -0.3 is 10.6 Å². The SMILES string of the molecule is CCC1c2ccsc2CCN1C(=O)c1cc(Cl)ccc1N. The van der Waals surface area contributed by atoms with E-state index in [2.05, 4.69) is 18.4 Å². The first-order valence-electron chi connectivity index (χ1n) is 7.04. The number of hydrogen-bond acceptors (Lipinski definition) is 3. The topological polar surface area (TPSA) is 46.3 Å². The molecule has 3 nitrogen and oxygen atoms in total. The van der Waals surface area contributed by atoms with E-state index in [-0.39, 0.29) is 11.9 Å². The summed E-state index contributed by atoms with van der Waals surface area (Å²) in [7, 11) is 0. The Morgan fingerprint density at radius 1 is 1.48 bits per heavy atom. The van der Waals surface area contributed by atoms with E-state index in [1.165, 1.54) is 10.4 Å². The molecule has 0 saturated heterocycles. The highest BCUT2D eigenvalue weighted by atomic mass is 35.5. The lowest BCUT2D eigenvalue weighted by Gasteiger charge is -2.35. The van der Waals surface area contributed by atoms with E-state index < -0.39 is 0 Å². The molecule has 2 aromatic rings. The Balaban J connectivity index is 1.96. The smallest absolute Gasteiger partial charge is 0.256 e. The molecule has 1 aliphatic heterocycles. The molecule has 1 unspecified atom stereocenters. The van der Waals surface area contributed by atoms with Gasteiger partial charge in [0.25, 0.3) is 5.91 Å². The van der Waals surface area contributed by atoms with Crippen molar-refractivity contribution in [3.63, 3.8) is 0 Å². The summed E-state index contributed by atoms with van der Waals surface area (Å²) in [6, 6.07) is 7.32. The Hall–Kier alpha value is -1.52. The van der Waals surface area contributed by atoms with Crippen LogP contribution < -0.4 is 5.73 Å². The van der Waals surface area contributed by atoms with Crippen molar-refractivity contribution >= 4 is 34.5 Å². The molecule has 0 radical (unpaired) electrons. The number of amides is 1. The zero-order valence-electron chi connectivity index (χ0n) is 11.8. The normalized spacial score (nSPS) is 17.6. The summed E-state index contributed by atoms with van der Waals surface area (Å²) in [5, 5.41) is 2.64. The fourth-order valence-electron chi connectivity index (χ4n) is 2.95. The Labute approximate surface area is 133 Å². The van der Waals surface area contributed by atoms with Crippen molar-refractivity contribution < 1.29 is 4.79 Å². The maximum absolute atomic E-state index is 12.9. The van der Waals surface area contributed by atoms with E-state index in [1.807, 2.05) is 4.90 Å². The van der Waals surface area contributed by atoms with Gasteiger partial charge in [0.2, 0.25) is 0 Å². The van der Waals surface area contributed by atoms with Crippen LogP contribution in [0.5, 0.6) is 0 Å². The standard InChI is InChI=1S/C16H17ClN2OS/c1-2-14-11-6-8-21-15(11)5-7-19(14)16(20)12-9-10(17)3-4-13(12)18/h3-4,6,8-9,14H,2,5,7,18H2,1H3. The van der Waals surface area contributed by atoms with Gasteiger partial charge in [-0.25, -0.2) is 0 Å². The predicted octanol–water partition coefficient (Wildman–Crippen LogP) is 4.13. The third-order valence-electron chi connectivity index (χ3n) is 3.99. The van der Waals surface area contributed by atoms with E-state index in [4.69, 9.17) is 17.3 Å². The summed E-state index contributed by atoms with van der Waals surface area (Å²) in [4.78, 5) is 16.2. The molecule has 1 atom stereocenters. The van der Waals surface area contributed by atoms with Gasteiger partial charge in [0.15, 0.2) is 0 Å². The van der Waals surface area contributed by atoms with Gasteiger partial charge in [0, 0.05) is 22.1 Å². The number of nitrogen functional groups attached to an aromatic ring is 1. The van der Waals surface area contributed by atoms with Crippen LogP contribution in [0.1, 0.15) is 40.2 Å². The van der Waals surface area contributed by atoms with Gasteiger partial charge >= 0.3 is 0 Å². The average Bonchev–Trinajstić information content (AvgIpc) is 2.96. The van der Waals surface area contributed by atoms with Crippen molar-refractivity contribution in [1.82, 2.24) is 4.90 Å². The van der Waals surface area contributed by atoms with Crippen LogP contribution in [0.3, 0.4) is 0 Å². The minimum absolute atomic E-state index is 0.0290. The zero-order valence-corrected chi connectivity index (χ0v) is 13.4. The van der Waals surface area contributed by atoms with Crippen molar-refractivity contribution in [2.45, 2.75) is 25.8 Å². The number of fused-ring (bicyclic) bond motifs is 1. The number of nitrogens with two attached hydrogens (primary N) is 1. The maximum Gasteiger partial charge on any atom is 0.256 e. The minimum atomic E-state index is -0.0290. The Morgan fingerprint density at radius 2 is 2.29 bits per heavy atom. The molecule has 1 aliphatic rings. The number of thiophene rings is 1. The zero-order chi connectivity index (χ0) is 15.0. The number of carbonyl (C=O) groups is 1. The molecular formula is C16H17ClN2OS. The maximum atomic E-state index is 12.9. The van der Waals surface area contributed by atoms with Gasteiger partial charge in [0.05, 0.1) is 11.6 Å². The van der Waals surface area contributed by atoms with Gasteiger partial charge in [-0.3, -0.25) is 4.79 Å². The number of hydrogen-bond donors (Lipinski definition) is 1. The van der Waals surface area contributed by atoms with Crippen LogP contribution in [-0.2, 0) is 6.42 Å². The molecule has 0 bridgehead atoms. The van der Waals surface area contributed by atoms with E-state index in [0.29, 0.717) is 16.3 Å². The number of nitrogens with zero attached hydrogens (tertiary/aromatic N) is 1. The van der Waals surface area contributed by atoms with Gasteiger partial charge in [-0.15, -0.1) is 11.3 Å². The molecule has 2 heterocycles. The summed E-state index contributed by atoms with van der Waals surface area (Å²) in [6.45, 7) is 2.84. The molecule has 0 fully saturated rings. The lowest BCUT2D eigenvalue weighted by molar-refractivity contribution is 0.0658. The van der Waals surface area contributed by atoms with Crippen LogP contribution >= 0.6 is 22.9 Å². The van der Waals surface area contributed by atoms with Crippen LogP contribution in [0.25, 0.3) is 0 Å². The van der Waals surface area contributed by atoms with Gasteiger partial charge in [-0.1, -0.05) is 18.5 Å². The van der Waals surface area contributed by atoms with Crippen molar-refractivity contribution in [1.29, 1.82) is 0 Å². The second-order valence-corrected chi connectivity index (χ2v) is 6.64. The summed E-state index contributed by atoms with van der Waals surface area (Å²) in [5.41, 5.74) is 8.22. The van der Waals surface area contributed by atoms with E-state index in [1.54, 1.807) is 29.5 Å².